The van der Waals surface area contributed by atoms with E-state index in [2.05, 4.69) is 11.1 Å². The van der Waals surface area contributed by atoms with E-state index in [1.807, 2.05) is 36.4 Å². The molecule has 0 radical (unpaired) electrons. The molecule has 5 rings (SSSR count). The molecule has 1 aliphatic heterocycles. The fourth-order valence-electron chi connectivity index (χ4n) is 5.23. The lowest BCUT2D eigenvalue weighted by Gasteiger charge is -2.41. The zero-order valence-electron chi connectivity index (χ0n) is 21.1. The fraction of sp³-hybridized carbons (Fsp3) is 0.407. The molecule has 1 aliphatic carbocycles. The largest absolute Gasteiger partial charge is 0.496 e. The van der Waals surface area contributed by atoms with Gasteiger partial charge >= 0.3 is 0 Å². The number of ether oxygens (including phenoxy) is 2. The number of pyridine rings is 1. The molecule has 2 aliphatic rings. The smallest absolute Gasteiger partial charge is 0.275 e. The second-order valence-corrected chi connectivity index (χ2v) is 9.85. The van der Waals surface area contributed by atoms with Gasteiger partial charge < -0.3 is 20.1 Å². The van der Waals surface area contributed by atoms with Crippen LogP contribution in [0.3, 0.4) is 0 Å². The third kappa shape index (κ3) is 3.93. The van der Waals surface area contributed by atoms with Crippen molar-refractivity contribution in [1.82, 2.24) is 19.7 Å². The van der Waals surface area contributed by atoms with E-state index in [0.29, 0.717) is 43.3 Å². The molecule has 9 heteroatoms. The standard InChI is InChI=1S/C27H31N5O4/c1-5-32-24-19(23(30-32)26(34)31-8-9-36-15-27(31,2)3)7-6-16-11-22(35-4)20(12-21(16)24)17-10-18(25(28)33)14-29-13-17/h10-14H,5-9,15H2,1-4H3,(H2,28,33). The Kier molecular flexibility index (Phi) is 6.04. The fourth-order valence-corrected chi connectivity index (χ4v) is 5.23. The van der Waals surface area contributed by atoms with Crippen LogP contribution in [-0.2, 0) is 24.1 Å². The van der Waals surface area contributed by atoms with E-state index in [4.69, 9.17) is 20.3 Å². The van der Waals surface area contributed by atoms with Crippen LogP contribution in [-0.4, -0.2) is 63.9 Å². The van der Waals surface area contributed by atoms with Crippen LogP contribution in [0.15, 0.2) is 30.6 Å². The Morgan fingerprint density at radius 1 is 1.17 bits per heavy atom. The van der Waals surface area contributed by atoms with Gasteiger partial charge in [-0.2, -0.15) is 5.10 Å². The van der Waals surface area contributed by atoms with Crippen molar-refractivity contribution in [3.05, 3.63) is 53.0 Å². The van der Waals surface area contributed by atoms with Crippen LogP contribution in [0.1, 0.15) is 52.7 Å². The van der Waals surface area contributed by atoms with Gasteiger partial charge in [-0.05, 0) is 57.4 Å². The molecule has 1 saturated heterocycles. The summed E-state index contributed by atoms with van der Waals surface area (Å²) >= 11 is 0. The van der Waals surface area contributed by atoms with Crippen molar-refractivity contribution in [2.45, 2.75) is 45.7 Å². The van der Waals surface area contributed by atoms with E-state index in [9.17, 15) is 9.59 Å². The molecule has 0 atom stereocenters. The van der Waals surface area contributed by atoms with Gasteiger partial charge in [0.2, 0.25) is 5.91 Å². The number of fused-ring (bicyclic) bond motifs is 3. The highest BCUT2D eigenvalue weighted by atomic mass is 16.5. The van der Waals surface area contributed by atoms with Gasteiger partial charge in [-0.25, -0.2) is 0 Å². The van der Waals surface area contributed by atoms with E-state index in [1.165, 1.54) is 6.20 Å². The molecule has 0 bridgehead atoms. The molecule has 3 heterocycles. The Labute approximate surface area is 210 Å². The van der Waals surface area contributed by atoms with E-state index >= 15 is 0 Å². The topological polar surface area (TPSA) is 113 Å². The van der Waals surface area contributed by atoms with E-state index in [1.54, 1.807) is 19.4 Å². The van der Waals surface area contributed by atoms with Crippen LogP contribution in [0, 0.1) is 0 Å². The summed E-state index contributed by atoms with van der Waals surface area (Å²) in [6, 6.07) is 5.80. The number of amides is 2. The van der Waals surface area contributed by atoms with Gasteiger partial charge in [0, 0.05) is 47.7 Å². The number of carbonyl (C=O) groups excluding carboxylic acids is 2. The molecule has 0 saturated carbocycles. The predicted molar refractivity (Wildman–Crippen MR) is 135 cm³/mol. The normalized spacial score (nSPS) is 16.3. The molecular formula is C27H31N5O4. The highest BCUT2D eigenvalue weighted by Gasteiger charge is 2.38. The number of aryl methyl sites for hydroxylation is 2. The van der Waals surface area contributed by atoms with Crippen LogP contribution in [0.5, 0.6) is 5.75 Å². The van der Waals surface area contributed by atoms with Crippen molar-refractivity contribution in [1.29, 1.82) is 0 Å². The number of rotatable bonds is 5. The molecule has 1 aromatic carbocycles. The number of primary amides is 1. The number of hydrogen-bond acceptors (Lipinski definition) is 6. The summed E-state index contributed by atoms with van der Waals surface area (Å²) in [6.07, 6.45) is 4.62. The Hall–Kier alpha value is -3.72. The summed E-state index contributed by atoms with van der Waals surface area (Å²) in [5, 5.41) is 4.81. The van der Waals surface area contributed by atoms with E-state index < -0.39 is 11.4 Å². The molecule has 0 unspecified atom stereocenters. The average molecular weight is 490 g/mol. The predicted octanol–water partition coefficient (Wildman–Crippen LogP) is 3.09. The van der Waals surface area contributed by atoms with Crippen LogP contribution in [0.4, 0.5) is 0 Å². The van der Waals surface area contributed by atoms with Crippen LogP contribution in [0.25, 0.3) is 22.4 Å². The highest BCUT2D eigenvalue weighted by molar-refractivity contribution is 5.97. The number of nitrogens with zero attached hydrogens (tertiary/aromatic N) is 4. The van der Waals surface area contributed by atoms with Gasteiger partial charge in [-0.3, -0.25) is 19.3 Å². The summed E-state index contributed by atoms with van der Waals surface area (Å²) in [4.78, 5) is 31.6. The average Bonchev–Trinajstić information content (AvgIpc) is 3.26. The number of aromatic nitrogens is 3. The van der Waals surface area contributed by atoms with Gasteiger partial charge in [0.25, 0.3) is 5.91 Å². The summed E-state index contributed by atoms with van der Waals surface area (Å²) in [7, 11) is 1.63. The summed E-state index contributed by atoms with van der Waals surface area (Å²) in [6.45, 7) is 8.27. The first-order valence-electron chi connectivity index (χ1n) is 12.2. The number of hydrogen-bond donors (Lipinski definition) is 1. The Morgan fingerprint density at radius 2 is 1.97 bits per heavy atom. The zero-order valence-corrected chi connectivity index (χ0v) is 21.1. The Morgan fingerprint density at radius 3 is 2.67 bits per heavy atom. The Balaban J connectivity index is 1.65. The third-order valence-corrected chi connectivity index (χ3v) is 7.10. The lowest BCUT2D eigenvalue weighted by atomic mass is 9.86. The van der Waals surface area contributed by atoms with Gasteiger partial charge in [0.1, 0.15) is 5.75 Å². The minimum absolute atomic E-state index is 0.0534. The molecule has 9 nitrogen and oxygen atoms in total. The maximum absolute atomic E-state index is 13.7. The highest BCUT2D eigenvalue weighted by Crippen LogP contribution is 2.42. The van der Waals surface area contributed by atoms with Crippen LogP contribution < -0.4 is 10.5 Å². The van der Waals surface area contributed by atoms with Crippen LogP contribution in [0.2, 0.25) is 0 Å². The summed E-state index contributed by atoms with van der Waals surface area (Å²) in [5.41, 5.74) is 11.5. The zero-order chi connectivity index (χ0) is 25.6. The second-order valence-electron chi connectivity index (χ2n) is 9.85. The first-order chi connectivity index (χ1) is 17.2. The van der Waals surface area contributed by atoms with Crippen molar-refractivity contribution >= 4 is 11.8 Å². The SMILES string of the molecule is CCn1nc(C(=O)N2CCOCC2(C)C)c2c1-c1cc(-c3cncc(C(N)=O)c3)c(OC)cc1CC2. The number of morpholine rings is 1. The molecule has 2 N–H and O–H groups in total. The van der Waals surface area contributed by atoms with Crippen molar-refractivity contribution < 1.29 is 19.1 Å². The lowest BCUT2D eigenvalue weighted by Crippen LogP contribution is -2.55. The van der Waals surface area contributed by atoms with E-state index in [0.717, 1.165) is 46.4 Å². The summed E-state index contributed by atoms with van der Waals surface area (Å²) < 4.78 is 13.3. The first kappa shape index (κ1) is 24.0. The number of carbonyl (C=O) groups is 2. The lowest BCUT2D eigenvalue weighted by molar-refractivity contribution is -0.0374. The van der Waals surface area contributed by atoms with Crippen molar-refractivity contribution in [3.63, 3.8) is 0 Å². The number of nitrogens with two attached hydrogens (primary N) is 1. The molecule has 0 spiro atoms. The van der Waals surface area contributed by atoms with Gasteiger partial charge in [0.15, 0.2) is 5.69 Å². The van der Waals surface area contributed by atoms with Crippen molar-refractivity contribution in [2.75, 3.05) is 26.9 Å². The molecule has 36 heavy (non-hydrogen) atoms. The second kappa shape index (κ2) is 9.05. The van der Waals surface area contributed by atoms with Crippen molar-refractivity contribution in [2.24, 2.45) is 5.73 Å². The molecule has 3 aromatic rings. The maximum Gasteiger partial charge on any atom is 0.275 e. The molecular weight excluding hydrogens is 458 g/mol. The monoisotopic (exact) mass is 489 g/mol. The van der Waals surface area contributed by atoms with Crippen LogP contribution >= 0.6 is 0 Å². The minimum Gasteiger partial charge on any atom is -0.496 e. The van der Waals surface area contributed by atoms with Gasteiger partial charge in [-0.1, -0.05) is 0 Å². The Bertz CT molecular complexity index is 1360. The number of benzene rings is 1. The molecule has 2 aromatic heterocycles. The van der Waals surface area contributed by atoms with Gasteiger partial charge in [-0.15, -0.1) is 0 Å². The van der Waals surface area contributed by atoms with Crippen molar-refractivity contribution in [3.8, 4) is 28.1 Å². The summed E-state index contributed by atoms with van der Waals surface area (Å²) in [5.74, 6) is 0.0960. The molecule has 188 valence electrons. The van der Waals surface area contributed by atoms with Gasteiger partial charge in [0.05, 0.1) is 37.1 Å². The minimum atomic E-state index is -0.540. The molecule has 2 amide bonds. The maximum atomic E-state index is 13.7. The molecule has 1 fully saturated rings. The quantitative estimate of drug-likeness (QED) is 0.589. The third-order valence-electron chi connectivity index (χ3n) is 7.10. The van der Waals surface area contributed by atoms with E-state index in [-0.39, 0.29) is 5.91 Å². The number of methoxy groups -OCH3 is 1. The first-order valence-corrected chi connectivity index (χ1v) is 12.2.